The first-order chi connectivity index (χ1) is 7.33. The molecule has 1 unspecified atom stereocenters. The summed E-state index contributed by atoms with van der Waals surface area (Å²) in [6.07, 6.45) is 3.42. The van der Waals surface area contributed by atoms with Crippen LogP contribution in [-0.2, 0) is 0 Å². The third-order valence-electron chi connectivity index (χ3n) is 3.03. The van der Waals surface area contributed by atoms with E-state index in [1.54, 1.807) is 11.3 Å². The smallest absolute Gasteiger partial charge is 0.189 e. The van der Waals surface area contributed by atoms with Gasteiger partial charge in [-0.2, -0.15) is 0 Å². The van der Waals surface area contributed by atoms with E-state index in [-0.39, 0.29) is 18.4 Å². The zero-order valence-electron chi connectivity index (χ0n) is 9.52. The van der Waals surface area contributed by atoms with E-state index in [2.05, 4.69) is 11.8 Å². The Balaban J connectivity index is 0.00000128. The highest BCUT2D eigenvalue weighted by atomic mass is 35.5. The van der Waals surface area contributed by atoms with Crippen LogP contribution in [0.25, 0.3) is 0 Å². The lowest BCUT2D eigenvalue weighted by Gasteiger charge is -2.24. The molecule has 2 nitrogen and oxygen atoms in total. The molecule has 0 aromatic carbocycles. The van der Waals surface area contributed by atoms with Crippen LogP contribution < -0.4 is 0 Å². The third kappa shape index (κ3) is 2.84. The van der Waals surface area contributed by atoms with E-state index in [0.29, 0.717) is 5.78 Å². The van der Waals surface area contributed by atoms with Crippen molar-refractivity contribution in [2.24, 2.45) is 0 Å². The van der Waals surface area contributed by atoms with Gasteiger partial charge in [-0.3, -0.25) is 9.69 Å². The normalized spacial score (nSPS) is 18.1. The number of ketones is 1. The Bertz CT molecular complexity index is 320. The fraction of sp³-hybridized carbons (Fsp3) is 0.583. The molecule has 1 saturated heterocycles. The molecule has 1 aliphatic rings. The van der Waals surface area contributed by atoms with Gasteiger partial charge in [-0.25, -0.2) is 0 Å². The summed E-state index contributed by atoms with van der Waals surface area (Å²) in [5, 5.41) is 1.98. The minimum atomic E-state index is 0. The average molecular weight is 260 g/mol. The van der Waals surface area contributed by atoms with Crippen molar-refractivity contribution < 1.29 is 4.79 Å². The topological polar surface area (TPSA) is 20.3 Å². The lowest BCUT2D eigenvalue weighted by Crippen LogP contribution is -2.38. The minimum absolute atomic E-state index is 0. The van der Waals surface area contributed by atoms with Gasteiger partial charge in [0.2, 0.25) is 0 Å². The Hall–Kier alpha value is -0.380. The van der Waals surface area contributed by atoms with Crippen molar-refractivity contribution in [3.05, 3.63) is 22.4 Å². The molecule has 1 aromatic heterocycles. The van der Waals surface area contributed by atoms with E-state index < -0.39 is 0 Å². The second kappa shape index (κ2) is 6.38. The number of rotatable bonds is 4. The fourth-order valence-corrected chi connectivity index (χ4v) is 2.96. The Morgan fingerprint density at radius 2 is 2.19 bits per heavy atom. The number of nitrogens with zero attached hydrogens (tertiary/aromatic N) is 1. The van der Waals surface area contributed by atoms with Crippen molar-refractivity contribution in [1.82, 2.24) is 4.90 Å². The summed E-state index contributed by atoms with van der Waals surface area (Å²) in [6.45, 7) is 4.29. The molecule has 16 heavy (non-hydrogen) atoms. The standard InChI is InChI=1S/C12H17NOS.ClH/c1-2-10(13-7-3-4-8-13)12(14)11-6-5-9-15-11;/h5-6,9-10H,2-4,7-8H2,1H3;1H. The first-order valence-electron chi connectivity index (χ1n) is 5.64. The van der Waals surface area contributed by atoms with Crippen molar-refractivity contribution in [3.63, 3.8) is 0 Å². The van der Waals surface area contributed by atoms with Gasteiger partial charge < -0.3 is 0 Å². The largest absolute Gasteiger partial charge is 0.293 e. The summed E-state index contributed by atoms with van der Waals surface area (Å²) in [7, 11) is 0. The molecule has 0 spiro atoms. The predicted octanol–water partition coefficient (Wildman–Crippen LogP) is 3.23. The van der Waals surface area contributed by atoms with Crippen LogP contribution in [0.15, 0.2) is 17.5 Å². The van der Waals surface area contributed by atoms with Crippen molar-refractivity contribution >= 4 is 29.5 Å². The first-order valence-corrected chi connectivity index (χ1v) is 6.52. The van der Waals surface area contributed by atoms with Gasteiger partial charge in [-0.1, -0.05) is 13.0 Å². The summed E-state index contributed by atoms with van der Waals surface area (Å²) in [6, 6.07) is 4.01. The molecule has 0 N–H and O–H groups in total. The number of thiophene rings is 1. The molecule has 0 aliphatic carbocycles. The molecule has 0 bridgehead atoms. The van der Waals surface area contributed by atoms with E-state index in [1.807, 2.05) is 17.5 Å². The molecule has 4 heteroatoms. The molecule has 1 aromatic rings. The highest BCUT2D eigenvalue weighted by molar-refractivity contribution is 7.12. The van der Waals surface area contributed by atoms with Crippen molar-refractivity contribution in [2.75, 3.05) is 13.1 Å². The van der Waals surface area contributed by atoms with Gasteiger partial charge in [0.05, 0.1) is 10.9 Å². The zero-order chi connectivity index (χ0) is 10.7. The van der Waals surface area contributed by atoms with Crippen LogP contribution in [0.1, 0.15) is 35.9 Å². The molecule has 2 rings (SSSR count). The monoisotopic (exact) mass is 259 g/mol. The fourth-order valence-electron chi connectivity index (χ4n) is 2.25. The maximum Gasteiger partial charge on any atom is 0.189 e. The Labute approximate surface area is 107 Å². The summed E-state index contributed by atoms with van der Waals surface area (Å²) >= 11 is 1.56. The van der Waals surface area contributed by atoms with Gasteiger partial charge in [0.1, 0.15) is 0 Å². The van der Waals surface area contributed by atoms with E-state index in [1.165, 1.54) is 12.8 Å². The number of hydrogen-bond acceptors (Lipinski definition) is 3. The van der Waals surface area contributed by atoms with E-state index in [4.69, 9.17) is 0 Å². The molecular weight excluding hydrogens is 242 g/mol. The first kappa shape index (κ1) is 13.7. The van der Waals surface area contributed by atoms with Crippen molar-refractivity contribution in [3.8, 4) is 0 Å². The van der Waals surface area contributed by atoms with E-state index >= 15 is 0 Å². The van der Waals surface area contributed by atoms with Crippen LogP contribution in [0.5, 0.6) is 0 Å². The van der Waals surface area contributed by atoms with Gasteiger partial charge in [-0.15, -0.1) is 23.7 Å². The van der Waals surface area contributed by atoms with Crippen molar-refractivity contribution in [2.45, 2.75) is 32.2 Å². The van der Waals surface area contributed by atoms with Crippen LogP contribution >= 0.6 is 23.7 Å². The molecule has 1 fully saturated rings. The summed E-state index contributed by atoms with van der Waals surface area (Å²) in [5.41, 5.74) is 0. The van der Waals surface area contributed by atoms with Gasteiger partial charge in [-0.05, 0) is 43.8 Å². The SMILES string of the molecule is CCC(C(=O)c1cccs1)N1CCCC1.Cl. The second-order valence-electron chi connectivity index (χ2n) is 4.01. The van der Waals surface area contributed by atoms with Crippen LogP contribution in [0.4, 0.5) is 0 Å². The Kier molecular flexibility index (Phi) is 5.46. The highest BCUT2D eigenvalue weighted by Crippen LogP contribution is 2.20. The molecule has 1 atom stereocenters. The molecular formula is C12H18ClNOS. The lowest BCUT2D eigenvalue weighted by molar-refractivity contribution is 0.0848. The van der Waals surface area contributed by atoms with Gasteiger partial charge >= 0.3 is 0 Å². The Morgan fingerprint density at radius 1 is 1.50 bits per heavy atom. The van der Waals surface area contributed by atoms with Gasteiger partial charge in [0, 0.05) is 0 Å². The molecule has 0 saturated carbocycles. The van der Waals surface area contributed by atoms with Gasteiger partial charge in [0.25, 0.3) is 0 Å². The number of carbonyl (C=O) groups excluding carboxylic acids is 1. The summed E-state index contributed by atoms with van der Waals surface area (Å²) < 4.78 is 0. The molecule has 0 amide bonds. The average Bonchev–Trinajstić information content (AvgIpc) is 2.91. The molecule has 1 aliphatic heterocycles. The van der Waals surface area contributed by atoms with Gasteiger partial charge in [0.15, 0.2) is 5.78 Å². The quantitative estimate of drug-likeness (QED) is 0.774. The van der Waals surface area contributed by atoms with Crippen LogP contribution in [0.2, 0.25) is 0 Å². The number of likely N-dealkylation sites (tertiary alicyclic amines) is 1. The third-order valence-corrected chi connectivity index (χ3v) is 3.92. The summed E-state index contributed by atoms with van der Waals surface area (Å²) in [5.74, 6) is 0.314. The van der Waals surface area contributed by atoms with E-state index in [0.717, 1.165) is 24.4 Å². The maximum atomic E-state index is 12.2. The zero-order valence-corrected chi connectivity index (χ0v) is 11.1. The van der Waals surface area contributed by atoms with Crippen molar-refractivity contribution in [1.29, 1.82) is 0 Å². The van der Waals surface area contributed by atoms with Crippen LogP contribution in [0.3, 0.4) is 0 Å². The molecule has 0 radical (unpaired) electrons. The number of halogens is 1. The maximum absolute atomic E-state index is 12.2. The Morgan fingerprint density at radius 3 is 2.69 bits per heavy atom. The lowest BCUT2D eigenvalue weighted by atomic mass is 10.1. The predicted molar refractivity (Wildman–Crippen MR) is 70.8 cm³/mol. The molecule has 2 heterocycles. The second-order valence-corrected chi connectivity index (χ2v) is 4.96. The number of carbonyl (C=O) groups is 1. The summed E-state index contributed by atoms with van der Waals surface area (Å²) in [4.78, 5) is 15.4. The number of hydrogen-bond donors (Lipinski definition) is 0. The van der Waals surface area contributed by atoms with E-state index in [9.17, 15) is 4.79 Å². The minimum Gasteiger partial charge on any atom is -0.293 e. The van der Waals surface area contributed by atoms with Crippen LogP contribution in [-0.4, -0.2) is 29.8 Å². The highest BCUT2D eigenvalue weighted by Gasteiger charge is 2.27. The molecule has 90 valence electrons. The van der Waals surface area contributed by atoms with Crippen LogP contribution in [0, 0.1) is 0 Å². The number of Topliss-reactive ketones (excluding diaryl/α,β-unsaturated/α-hetero) is 1.